The van der Waals surface area contributed by atoms with Gasteiger partial charge in [-0.2, -0.15) is 0 Å². The highest BCUT2D eigenvalue weighted by molar-refractivity contribution is 6.33. The van der Waals surface area contributed by atoms with Crippen LogP contribution in [0.5, 0.6) is 0 Å². The van der Waals surface area contributed by atoms with Crippen molar-refractivity contribution in [3.05, 3.63) is 58.9 Å². The molecule has 3 N–H and O–H groups in total. The van der Waals surface area contributed by atoms with Crippen LogP contribution in [0, 0.1) is 0 Å². The fourth-order valence-corrected chi connectivity index (χ4v) is 2.58. The van der Waals surface area contributed by atoms with Crippen LogP contribution in [0.1, 0.15) is 36.7 Å². The van der Waals surface area contributed by atoms with E-state index in [1.54, 1.807) is 30.6 Å². The van der Waals surface area contributed by atoms with E-state index in [0.717, 1.165) is 5.56 Å². The van der Waals surface area contributed by atoms with Gasteiger partial charge in [0.05, 0.1) is 10.7 Å². The van der Waals surface area contributed by atoms with Gasteiger partial charge >= 0.3 is 6.03 Å². The monoisotopic (exact) mass is 374 g/mol. The first-order valence-corrected chi connectivity index (χ1v) is 8.79. The predicted molar refractivity (Wildman–Crippen MR) is 104 cm³/mol. The maximum atomic E-state index is 12.2. The lowest BCUT2D eigenvalue weighted by atomic mass is 10.1. The summed E-state index contributed by atoms with van der Waals surface area (Å²) >= 11 is 6.13. The Labute approximate surface area is 158 Å². The minimum atomic E-state index is -0.385. The van der Waals surface area contributed by atoms with Gasteiger partial charge < -0.3 is 16.0 Å². The molecule has 1 aromatic carbocycles. The number of pyridine rings is 1. The van der Waals surface area contributed by atoms with E-state index in [4.69, 9.17) is 11.6 Å². The van der Waals surface area contributed by atoms with Crippen molar-refractivity contribution in [2.24, 2.45) is 0 Å². The molecule has 138 valence electrons. The molecule has 0 saturated heterocycles. The smallest absolute Gasteiger partial charge is 0.319 e. The van der Waals surface area contributed by atoms with Gasteiger partial charge in [-0.1, -0.05) is 17.7 Å². The first-order chi connectivity index (χ1) is 12.3. The minimum absolute atomic E-state index is 0.0196. The maximum Gasteiger partial charge on any atom is 0.319 e. The fourth-order valence-electron chi connectivity index (χ4n) is 2.41. The number of halogens is 1. The highest BCUT2D eigenvalue weighted by Gasteiger charge is 2.13. The number of amides is 3. The van der Waals surface area contributed by atoms with Crippen molar-refractivity contribution in [1.82, 2.24) is 15.6 Å². The SMILES string of the molecule is CC(C)NC(=O)c1ccc(Cl)c(NC(=O)N[C@H](C)Cc2cccnc2)c1. The van der Waals surface area contributed by atoms with Crippen LogP contribution in [0.3, 0.4) is 0 Å². The van der Waals surface area contributed by atoms with Crippen molar-refractivity contribution < 1.29 is 9.59 Å². The molecular formula is C19H23ClN4O2. The molecule has 1 heterocycles. The Morgan fingerprint density at radius 3 is 2.58 bits per heavy atom. The molecule has 3 amide bonds. The number of hydrogen-bond acceptors (Lipinski definition) is 3. The highest BCUT2D eigenvalue weighted by atomic mass is 35.5. The molecule has 0 aliphatic carbocycles. The molecule has 0 bridgehead atoms. The number of anilines is 1. The lowest BCUT2D eigenvalue weighted by molar-refractivity contribution is 0.0943. The number of aromatic nitrogens is 1. The number of hydrogen-bond donors (Lipinski definition) is 3. The lowest BCUT2D eigenvalue weighted by Crippen LogP contribution is -2.37. The van der Waals surface area contributed by atoms with Gasteiger partial charge in [0.15, 0.2) is 0 Å². The zero-order valence-electron chi connectivity index (χ0n) is 15.0. The Bertz CT molecular complexity index is 765. The van der Waals surface area contributed by atoms with Gasteiger partial charge in [-0.3, -0.25) is 9.78 Å². The summed E-state index contributed by atoms with van der Waals surface area (Å²) in [5.41, 5.74) is 1.85. The van der Waals surface area contributed by atoms with E-state index in [-0.39, 0.29) is 24.0 Å². The second kappa shape index (κ2) is 9.20. The molecule has 0 unspecified atom stereocenters. The van der Waals surface area contributed by atoms with Crippen LogP contribution < -0.4 is 16.0 Å². The third-order valence-electron chi connectivity index (χ3n) is 3.54. The van der Waals surface area contributed by atoms with E-state index < -0.39 is 0 Å². The average molecular weight is 375 g/mol. The molecule has 0 spiro atoms. The average Bonchev–Trinajstić information content (AvgIpc) is 2.56. The summed E-state index contributed by atoms with van der Waals surface area (Å²) < 4.78 is 0. The van der Waals surface area contributed by atoms with Crippen molar-refractivity contribution in [3.8, 4) is 0 Å². The van der Waals surface area contributed by atoms with Gasteiger partial charge in [-0.05, 0) is 57.0 Å². The molecule has 7 heteroatoms. The van der Waals surface area contributed by atoms with E-state index in [1.807, 2.05) is 32.9 Å². The number of rotatable bonds is 6. The largest absolute Gasteiger partial charge is 0.350 e. The molecule has 0 aliphatic rings. The van der Waals surface area contributed by atoms with Gasteiger partial charge in [-0.25, -0.2) is 4.79 Å². The normalized spacial score (nSPS) is 11.7. The summed E-state index contributed by atoms with van der Waals surface area (Å²) in [7, 11) is 0. The van der Waals surface area contributed by atoms with E-state index in [2.05, 4.69) is 20.9 Å². The second-order valence-electron chi connectivity index (χ2n) is 6.39. The maximum absolute atomic E-state index is 12.2. The molecule has 0 saturated carbocycles. The Balaban J connectivity index is 1.98. The first-order valence-electron chi connectivity index (χ1n) is 8.42. The molecule has 1 aromatic heterocycles. The van der Waals surface area contributed by atoms with Crippen LogP contribution in [0.25, 0.3) is 0 Å². The summed E-state index contributed by atoms with van der Waals surface area (Å²) in [4.78, 5) is 28.4. The first kappa shape index (κ1) is 19.7. The molecule has 2 aromatic rings. The van der Waals surface area contributed by atoms with Crippen LogP contribution in [-0.2, 0) is 6.42 Å². The quantitative estimate of drug-likeness (QED) is 0.722. The Morgan fingerprint density at radius 2 is 1.92 bits per heavy atom. The van der Waals surface area contributed by atoms with E-state index >= 15 is 0 Å². The molecule has 2 rings (SSSR count). The lowest BCUT2D eigenvalue weighted by Gasteiger charge is -2.16. The number of carbonyl (C=O) groups is 2. The van der Waals surface area contributed by atoms with Crippen molar-refractivity contribution in [2.75, 3.05) is 5.32 Å². The third-order valence-corrected chi connectivity index (χ3v) is 3.87. The summed E-state index contributed by atoms with van der Waals surface area (Å²) in [6, 6.07) is 8.12. The van der Waals surface area contributed by atoms with E-state index in [0.29, 0.717) is 22.7 Å². The van der Waals surface area contributed by atoms with E-state index in [9.17, 15) is 9.59 Å². The van der Waals surface area contributed by atoms with Crippen LogP contribution >= 0.6 is 11.6 Å². The van der Waals surface area contributed by atoms with Gasteiger partial charge in [0, 0.05) is 30.0 Å². The fraction of sp³-hybridized carbons (Fsp3) is 0.316. The Kier molecular flexibility index (Phi) is 6.97. The highest BCUT2D eigenvalue weighted by Crippen LogP contribution is 2.23. The minimum Gasteiger partial charge on any atom is -0.350 e. The van der Waals surface area contributed by atoms with Crippen molar-refractivity contribution in [1.29, 1.82) is 0 Å². The molecular weight excluding hydrogens is 352 g/mol. The molecule has 6 nitrogen and oxygen atoms in total. The molecule has 26 heavy (non-hydrogen) atoms. The number of nitrogens with zero attached hydrogens (tertiary/aromatic N) is 1. The second-order valence-corrected chi connectivity index (χ2v) is 6.79. The number of benzene rings is 1. The van der Waals surface area contributed by atoms with E-state index in [1.165, 1.54) is 0 Å². The summed E-state index contributed by atoms with van der Waals surface area (Å²) in [5, 5.41) is 8.71. The van der Waals surface area contributed by atoms with Crippen LogP contribution in [0.15, 0.2) is 42.7 Å². The predicted octanol–water partition coefficient (Wildman–Crippen LogP) is 3.63. The topological polar surface area (TPSA) is 83.1 Å². The number of nitrogens with one attached hydrogen (secondary N) is 3. The Morgan fingerprint density at radius 1 is 1.15 bits per heavy atom. The van der Waals surface area contributed by atoms with Crippen molar-refractivity contribution >= 4 is 29.2 Å². The molecule has 1 atom stereocenters. The van der Waals surface area contributed by atoms with Crippen molar-refractivity contribution in [2.45, 2.75) is 39.3 Å². The van der Waals surface area contributed by atoms with Crippen LogP contribution in [-0.4, -0.2) is 29.0 Å². The van der Waals surface area contributed by atoms with Crippen molar-refractivity contribution in [3.63, 3.8) is 0 Å². The summed E-state index contributed by atoms with van der Waals surface area (Å²) in [5.74, 6) is -0.218. The van der Waals surface area contributed by atoms with Gasteiger partial charge in [0.2, 0.25) is 0 Å². The van der Waals surface area contributed by atoms with Gasteiger partial charge in [-0.15, -0.1) is 0 Å². The zero-order chi connectivity index (χ0) is 19.1. The summed E-state index contributed by atoms with van der Waals surface area (Å²) in [6.45, 7) is 5.66. The molecule has 0 radical (unpaired) electrons. The third kappa shape index (κ3) is 6.04. The molecule has 0 aliphatic heterocycles. The summed E-state index contributed by atoms with van der Waals surface area (Å²) in [6.07, 6.45) is 4.13. The standard InChI is InChI=1S/C19H23ClN4O2/c1-12(2)22-18(25)15-6-7-16(20)17(10-15)24-19(26)23-13(3)9-14-5-4-8-21-11-14/h4-8,10-13H,9H2,1-3H3,(H,22,25)(H2,23,24,26)/t13-/m1/s1. The van der Waals surface area contributed by atoms with Gasteiger partial charge in [0.1, 0.15) is 0 Å². The number of urea groups is 1. The number of carbonyl (C=O) groups excluding carboxylic acids is 2. The van der Waals surface area contributed by atoms with Gasteiger partial charge in [0.25, 0.3) is 5.91 Å². The zero-order valence-corrected chi connectivity index (χ0v) is 15.8. The molecule has 0 fully saturated rings. The Hall–Kier alpha value is -2.60. The van der Waals surface area contributed by atoms with Crippen LogP contribution in [0.2, 0.25) is 5.02 Å². The van der Waals surface area contributed by atoms with Crippen LogP contribution in [0.4, 0.5) is 10.5 Å².